The van der Waals surface area contributed by atoms with Gasteiger partial charge < -0.3 is 5.11 Å². The van der Waals surface area contributed by atoms with Crippen LogP contribution >= 0.6 is 15.9 Å². The number of aliphatic hydroxyl groups excluding tert-OH is 1. The first-order valence-corrected chi connectivity index (χ1v) is 6.45. The Labute approximate surface area is 80.5 Å². The monoisotopic (exact) mass is 257 g/mol. The first-order chi connectivity index (χ1) is 5.54. The van der Waals surface area contributed by atoms with Gasteiger partial charge in [-0.2, -0.15) is 0 Å². The number of aliphatic hydroxyl groups is 1. The molecule has 1 aliphatic rings. The number of hydrogen-bond acceptors (Lipinski definition) is 3. The van der Waals surface area contributed by atoms with Gasteiger partial charge in [-0.1, -0.05) is 15.9 Å². The summed E-state index contributed by atoms with van der Waals surface area (Å²) in [4.78, 5) is 0. The molecule has 0 unspecified atom stereocenters. The molecule has 0 aromatic carbocycles. The van der Waals surface area contributed by atoms with E-state index in [1.54, 1.807) is 0 Å². The Balaban J connectivity index is 2.35. The summed E-state index contributed by atoms with van der Waals surface area (Å²) in [6, 6.07) is 0. The van der Waals surface area contributed by atoms with E-state index in [9.17, 15) is 8.42 Å². The molecule has 4 nitrogen and oxygen atoms in total. The molecule has 0 aromatic rings. The molecule has 0 radical (unpaired) electrons. The van der Waals surface area contributed by atoms with Crippen LogP contribution in [0.2, 0.25) is 0 Å². The van der Waals surface area contributed by atoms with Gasteiger partial charge >= 0.3 is 0 Å². The molecule has 1 aliphatic carbocycles. The molecular formula is C6H12BrNO3S. The zero-order valence-electron chi connectivity index (χ0n) is 6.59. The Morgan fingerprint density at radius 3 is 2.42 bits per heavy atom. The highest BCUT2D eigenvalue weighted by molar-refractivity contribution is 9.10. The molecule has 1 rings (SSSR count). The topological polar surface area (TPSA) is 66.4 Å². The molecule has 0 saturated heterocycles. The molecule has 0 spiro atoms. The van der Waals surface area contributed by atoms with E-state index in [0.29, 0.717) is 6.54 Å². The van der Waals surface area contributed by atoms with Gasteiger partial charge in [0, 0.05) is 18.6 Å². The van der Waals surface area contributed by atoms with Crippen molar-refractivity contribution < 1.29 is 13.5 Å². The van der Waals surface area contributed by atoms with Crippen molar-refractivity contribution in [3.8, 4) is 0 Å². The van der Waals surface area contributed by atoms with Crippen LogP contribution in [0.4, 0.5) is 0 Å². The van der Waals surface area contributed by atoms with Gasteiger partial charge in [0.2, 0.25) is 10.0 Å². The zero-order chi connectivity index (χ0) is 9.24. The van der Waals surface area contributed by atoms with Gasteiger partial charge in [-0.05, 0) is 12.8 Å². The van der Waals surface area contributed by atoms with E-state index >= 15 is 0 Å². The van der Waals surface area contributed by atoms with Crippen molar-refractivity contribution in [2.45, 2.75) is 12.8 Å². The van der Waals surface area contributed by atoms with Crippen molar-refractivity contribution >= 4 is 26.0 Å². The van der Waals surface area contributed by atoms with Gasteiger partial charge in [0.25, 0.3) is 0 Å². The normalized spacial score (nSPS) is 20.8. The maximum absolute atomic E-state index is 11.0. The standard InChI is InChI=1S/C6H12BrNO3S/c7-5-12(10,11)8-3-6(4-9)1-2-6/h8-9H,1-5H2. The Bertz CT molecular complexity index is 248. The lowest BCUT2D eigenvalue weighted by Crippen LogP contribution is -2.32. The van der Waals surface area contributed by atoms with E-state index in [1.807, 2.05) is 0 Å². The van der Waals surface area contributed by atoms with E-state index < -0.39 is 10.0 Å². The fourth-order valence-corrected chi connectivity index (χ4v) is 1.96. The molecule has 0 heterocycles. The number of nitrogens with one attached hydrogen (secondary N) is 1. The van der Waals surface area contributed by atoms with Crippen molar-refractivity contribution in [1.29, 1.82) is 0 Å². The molecule has 0 atom stereocenters. The average molecular weight is 258 g/mol. The quantitative estimate of drug-likeness (QED) is 0.684. The van der Waals surface area contributed by atoms with Gasteiger partial charge in [0.1, 0.15) is 4.66 Å². The maximum Gasteiger partial charge on any atom is 0.221 e. The third kappa shape index (κ3) is 2.69. The minimum atomic E-state index is -3.17. The molecule has 0 bridgehead atoms. The van der Waals surface area contributed by atoms with Crippen LogP contribution in [0.3, 0.4) is 0 Å². The van der Waals surface area contributed by atoms with Crippen LogP contribution in [0.15, 0.2) is 0 Å². The number of alkyl halides is 1. The van der Waals surface area contributed by atoms with E-state index in [0.717, 1.165) is 12.8 Å². The van der Waals surface area contributed by atoms with Crippen LogP contribution in [0.25, 0.3) is 0 Å². The summed E-state index contributed by atoms with van der Waals surface area (Å²) < 4.78 is 24.2. The highest BCUT2D eigenvalue weighted by Crippen LogP contribution is 2.44. The van der Waals surface area contributed by atoms with Crippen molar-refractivity contribution in [2.75, 3.05) is 17.8 Å². The first-order valence-electron chi connectivity index (χ1n) is 3.68. The Morgan fingerprint density at radius 2 is 2.08 bits per heavy atom. The second-order valence-electron chi connectivity index (χ2n) is 3.20. The number of sulfonamides is 1. The minimum Gasteiger partial charge on any atom is -0.396 e. The molecule has 0 aliphatic heterocycles. The van der Waals surface area contributed by atoms with Crippen molar-refractivity contribution in [1.82, 2.24) is 4.72 Å². The highest BCUT2D eigenvalue weighted by Gasteiger charge is 2.42. The fourth-order valence-electron chi connectivity index (χ4n) is 0.869. The largest absolute Gasteiger partial charge is 0.396 e. The van der Waals surface area contributed by atoms with Crippen molar-refractivity contribution in [3.63, 3.8) is 0 Å². The summed E-state index contributed by atoms with van der Waals surface area (Å²) in [6.45, 7) is 0.426. The first kappa shape index (κ1) is 10.4. The average Bonchev–Trinajstić information content (AvgIpc) is 2.82. The van der Waals surface area contributed by atoms with Crippen LogP contribution in [0, 0.1) is 5.41 Å². The lowest BCUT2D eigenvalue weighted by atomic mass is 10.1. The predicted octanol–water partition coefficient (Wildman–Crippen LogP) is 0.0307. The Kier molecular flexibility index (Phi) is 3.14. The third-order valence-corrected chi connectivity index (χ3v) is 4.78. The fraction of sp³-hybridized carbons (Fsp3) is 1.00. The number of rotatable bonds is 5. The smallest absolute Gasteiger partial charge is 0.221 e. The van der Waals surface area contributed by atoms with Crippen LogP contribution in [0.5, 0.6) is 0 Å². The number of halogens is 1. The summed E-state index contributed by atoms with van der Waals surface area (Å²) >= 11 is 2.87. The molecule has 0 aromatic heterocycles. The van der Waals surface area contributed by atoms with Crippen LogP contribution < -0.4 is 4.72 Å². The van der Waals surface area contributed by atoms with E-state index in [1.165, 1.54) is 0 Å². The Morgan fingerprint density at radius 1 is 1.50 bits per heavy atom. The molecule has 2 N–H and O–H groups in total. The molecule has 12 heavy (non-hydrogen) atoms. The molecule has 1 saturated carbocycles. The van der Waals surface area contributed by atoms with Gasteiger partial charge in [-0.25, -0.2) is 13.1 Å². The van der Waals surface area contributed by atoms with E-state index in [4.69, 9.17) is 5.11 Å². The van der Waals surface area contributed by atoms with Gasteiger partial charge in [0.05, 0.1) is 0 Å². The SMILES string of the molecule is O=S(=O)(CBr)NCC1(CO)CC1. The third-order valence-electron chi connectivity index (χ3n) is 2.10. The minimum absolute atomic E-state index is 0.0673. The Hall–Kier alpha value is 0.350. The second-order valence-corrected chi connectivity index (χ2v) is 6.31. The molecule has 72 valence electrons. The molecule has 6 heteroatoms. The molecule has 0 amide bonds. The van der Waals surface area contributed by atoms with E-state index in [-0.39, 0.29) is 16.7 Å². The van der Waals surface area contributed by atoms with Crippen LogP contribution in [-0.4, -0.2) is 31.3 Å². The van der Waals surface area contributed by atoms with Crippen LogP contribution in [0.1, 0.15) is 12.8 Å². The summed E-state index contributed by atoms with van der Waals surface area (Å²) in [5, 5.41) is 8.88. The summed E-state index contributed by atoms with van der Waals surface area (Å²) in [5.74, 6) is 0. The highest BCUT2D eigenvalue weighted by atomic mass is 79.9. The van der Waals surface area contributed by atoms with Crippen LogP contribution in [-0.2, 0) is 10.0 Å². The second kappa shape index (κ2) is 3.61. The summed E-state index contributed by atoms with van der Waals surface area (Å²) in [6.07, 6.45) is 1.82. The van der Waals surface area contributed by atoms with E-state index in [2.05, 4.69) is 20.7 Å². The van der Waals surface area contributed by atoms with Gasteiger partial charge in [-0.3, -0.25) is 0 Å². The van der Waals surface area contributed by atoms with Crippen molar-refractivity contribution in [3.05, 3.63) is 0 Å². The van der Waals surface area contributed by atoms with Crippen molar-refractivity contribution in [2.24, 2.45) is 5.41 Å². The lowest BCUT2D eigenvalue weighted by Gasteiger charge is -2.11. The lowest BCUT2D eigenvalue weighted by molar-refractivity contribution is 0.213. The van der Waals surface area contributed by atoms with Gasteiger partial charge in [-0.15, -0.1) is 0 Å². The number of hydrogen-bond donors (Lipinski definition) is 2. The zero-order valence-corrected chi connectivity index (χ0v) is 8.99. The maximum atomic E-state index is 11.0. The summed E-state index contributed by atoms with van der Waals surface area (Å²) in [7, 11) is -3.17. The predicted molar refractivity (Wildman–Crippen MR) is 49.5 cm³/mol. The molecule has 1 fully saturated rings. The summed E-state index contributed by atoms with van der Waals surface area (Å²) in [5.41, 5.74) is -0.158. The molecular weight excluding hydrogens is 246 g/mol. The van der Waals surface area contributed by atoms with Gasteiger partial charge in [0.15, 0.2) is 0 Å².